The first-order valence-electron chi connectivity index (χ1n) is 11.7. The molecule has 1 aromatic carbocycles. The lowest BCUT2D eigenvalue weighted by atomic mass is 9.77. The average Bonchev–Trinajstić information content (AvgIpc) is 3.52. The maximum absolute atomic E-state index is 13.9. The van der Waals surface area contributed by atoms with Crippen molar-refractivity contribution in [2.75, 3.05) is 27.1 Å². The molecule has 33 heavy (non-hydrogen) atoms. The van der Waals surface area contributed by atoms with Crippen molar-refractivity contribution in [3.63, 3.8) is 0 Å². The van der Waals surface area contributed by atoms with E-state index in [1.165, 1.54) is 12.2 Å². The fourth-order valence-electron chi connectivity index (χ4n) is 5.34. The molecule has 4 aliphatic rings. The number of esters is 1. The van der Waals surface area contributed by atoms with Gasteiger partial charge < -0.3 is 18.9 Å². The van der Waals surface area contributed by atoms with Gasteiger partial charge in [-0.1, -0.05) is 18.2 Å². The van der Waals surface area contributed by atoms with E-state index in [9.17, 15) is 9.59 Å². The van der Waals surface area contributed by atoms with Gasteiger partial charge in [-0.2, -0.15) is 0 Å². The fourth-order valence-corrected chi connectivity index (χ4v) is 5.34. The maximum atomic E-state index is 13.9. The Morgan fingerprint density at radius 2 is 1.73 bits per heavy atom. The predicted molar refractivity (Wildman–Crippen MR) is 117 cm³/mol. The van der Waals surface area contributed by atoms with E-state index in [-0.39, 0.29) is 24.6 Å². The molecule has 1 aromatic rings. The van der Waals surface area contributed by atoms with Crippen LogP contribution in [-0.4, -0.2) is 55.4 Å². The van der Waals surface area contributed by atoms with Gasteiger partial charge in [-0.15, -0.1) is 0 Å². The number of ether oxygens (including phenoxy) is 4. The Morgan fingerprint density at radius 1 is 1.09 bits per heavy atom. The lowest BCUT2D eigenvalue weighted by molar-refractivity contribution is -0.265. The van der Waals surface area contributed by atoms with Crippen LogP contribution in [0.25, 0.3) is 5.57 Å². The highest BCUT2D eigenvalue weighted by atomic mass is 16.8. The molecule has 0 radical (unpaired) electrons. The van der Waals surface area contributed by atoms with Crippen LogP contribution in [0.4, 0.5) is 0 Å². The molecular weight excluding hydrogens is 426 g/mol. The van der Waals surface area contributed by atoms with Crippen molar-refractivity contribution in [3.05, 3.63) is 40.6 Å². The minimum Gasteiger partial charge on any atom is -0.427 e. The fraction of sp³-hybridized carbons (Fsp3) is 0.600. The van der Waals surface area contributed by atoms with E-state index in [0.29, 0.717) is 50.2 Å². The molecule has 0 aromatic heterocycles. The van der Waals surface area contributed by atoms with Gasteiger partial charge in [-0.3, -0.25) is 9.59 Å². The van der Waals surface area contributed by atoms with Crippen LogP contribution in [0.2, 0.25) is 0 Å². The van der Waals surface area contributed by atoms with Crippen LogP contribution in [0.1, 0.15) is 55.2 Å². The first-order chi connectivity index (χ1) is 15.9. The third kappa shape index (κ3) is 3.79. The third-order valence-electron chi connectivity index (χ3n) is 7.23. The number of rotatable bonds is 6. The molecule has 2 aliphatic carbocycles. The molecule has 178 valence electrons. The Morgan fingerprint density at radius 3 is 2.30 bits per heavy atom. The van der Waals surface area contributed by atoms with E-state index in [1.54, 1.807) is 0 Å². The number of methoxy groups -OCH3 is 1. The summed E-state index contributed by atoms with van der Waals surface area (Å²) in [6.07, 6.45) is 3.75. The number of amides is 1. The van der Waals surface area contributed by atoms with Gasteiger partial charge in [-0.05, 0) is 56.2 Å². The van der Waals surface area contributed by atoms with E-state index < -0.39 is 11.3 Å². The first-order valence-corrected chi connectivity index (χ1v) is 11.7. The van der Waals surface area contributed by atoms with Crippen LogP contribution in [0.5, 0.6) is 0 Å². The SMILES string of the molecule is COCON1C(=O)C(c2c(C)cccc2C)=C(OC(=O)C2CC2)C12CCC1(CC2)OCCO1. The van der Waals surface area contributed by atoms with Crippen molar-refractivity contribution in [1.82, 2.24) is 5.06 Å². The highest BCUT2D eigenvalue weighted by Gasteiger charge is 2.60. The van der Waals surface area contributed by atoms with Gasteiger partial charge in [0.1, 0.15) is 11.3 Å². The van der Waals surface area contributed by atoms with Gasteiger partial charge in [0, 0.05) is 20.0 Å². The molecule has 0 N–H and O–H groups in total. The minimum atomic E-state index is -0.926. The molecule has 2 heterocycles. The molecule has 8 nitrogen and oxygen atoms in total. The summed E-state index contributed by atoms with van der Waals surface area (Å²) in [7, 11) is 1.51. The predicted octanol–water partition coefficient (Wildman–Crippen LogP) is 3.40. The van der Waals surface area contributed by atoms with Crippen LogP contribution >= 0.6 is 0 Å². The molecule has 0 unspecified atom stereocenters. The van der Waals surface area contributed by atoms with Crippen molar-refractivity contribution >= 4 is 17.4 Å². The zero-order chi connectivity index (χ0) is 23.2. The molecule has 2 saturated carbocycles. The van der Waals surface area contributed by atoms with Crippen LogP contribution in [-0.2, 0) is 33.4 Å². The molecular formula is C25H31NO7. The summed E-state index contributed by atoms with van der Waals surface area (Å²) < 4.78 is 23.1. The van der Waals surface area contributed by atoms with E-state index in [1.807, 2.05) is 32.0 Å². The summed E-state index contributed by atoms with van der Waals surface area (Å²) in [5.41, 5.74) is 2.15. The van der Waals surface area contributed by atoms with E-state index in [4.69, 9.17) is 23.8 Å². The molecule has 2 spiro atoms. The second kappa shape index (κ2) is 8.51. The van der Waals surface area contributed by atoms with E-state index >= 15 is 0 Å². The maximum Gasteiger partial charge on any atom is 0.314 e. The number of carbonyl (C=O) groups excluding carboxylic acids is 2. The highest BCUT2D eigenvalue weighted by molar-refractivity contribution is 6.23. The molecule has 1 amide bonds. The molecule has 1 saturated heterocycles. The Balaban J connectivity index is 1.63. The van der Waals surface area contributed by atoms with Gasteiger partial charge in [0.05, 0.1) is 24.7 Å². The number of aryl methyl sites for hydroxylation is 2. The van der Waals surface area contributed by atoms with Crippen molar-refractivity contribution in [1.29, 1.82) is 0 Å². The van der Waals surface area contributed by atoms with Crippen LogP contribution < -0.4 is 0 Å². The van der Waals surface area contributed by atoms with Crippen LogP contribution in [0.15, 0.2) is 24.0 Å². The number of carbonyl (C=O) groups is 2. The van der Waals surface area contributed by atoms with Gasteiger partial charge in [-0.25, -0.2) is 9.90 Å². The summed E-state index contributed by atoms with van der Waals surface area (Å²) >= 11 is 0. The Hall–Kier alpha value is -2.26. The van der Waals surface area contributed by atoms with E-state index in [2.05, 4.69) is 0 Å². The van der Waals surface area contributed by atoms with Crippen LogP contribution in [0.3, 0.4) is 0 Å². The summed E-state index contributed by atoms with van der Waals surface area (Å²) in [5.74, 6) is -0.941. The van der Waals surface area contributed by atoms with Crippen molar-refractivity contribution < 1.29 is 33.4 Å². The Bertz CT molecular complexity index is 960. The standard InChI is InChI=1S/C25H31NO7/c1-16-5-4-6-17(2)19(16)20-21(33-23(28)18-7-8-18)24(26(22(20)27)32-15-29-3)9-11-25(12-10-24)30-13-14-31-25/h4-6,18H,7-15H2,1-3H3. The van der Waals surface area contributed by atoms with Gasteiger partial charge in [0.25, 0.3) is 5.91 Å². The summed E-state index contributed by atoms with van der Waals surface area (Å²) in [4.78, 5) is 32.7. The Labute approximate surface area is 193 Å². The smallest absolute Gasteiger partial charge is 0.314 e. The van der Waals surface area contributed by atoms with Crippen molar-refractivity contribution in [2.24, 2.45) is 5.92 Å². The molecule has 5 rings (SSSR count). The highest BCUT2D eigenvalue weighted by Crippen LogP contribution is 2.53. The monoisotopic (exact) mass is 457 g/mol. The quantitative estimate of drug-likeness (QED) is 0.478. The topological polar surface area (TPSA) is 83.5 Å². The second-order valence-corrected chi connectivity index (χ2v) is 9.44. The molecule has 8 heteroatoms. The summed E-state index contributed by atoms with van der Waals surface area (Å²) in [6.45, 7) is 4.95. The number of hydrogen-bond donors (Lipinski definition) is 0. The average molecular weight is 458 g/mol. The number of benzene rings is 1. The molecule has 0 atom stereocenters. The minimum absolute atomic E-state index is 0.0878. The number of hydroxylamine groups is 2. The normalized spacial score (nSPS) is 23.7. The number of nitrogens with zero attached hydrogens (tertiary/aromatic N) is 1. The first kappa shape index (κ1) is 22.5. The van der Waals surface area contributed by atoms with Gasteiger partial charge in [0.15, 0.2) is 12.6 Å². The lowest BCUT2D eigenvalue weighted by Gasteiger charge is -2.45. The molecule has 2 aliphatic heterocycles. The van der Waals surface area contributed by atoms with Gasteiger partial charge in [0.2, 0.25) is 0 Å². The second-order valence-electron chi connectivity index (χ2n) is 9.44. The van der Waals surface area contributed by atoms with Crippen molar-refractivity contribution in [2.45, 2.75) is 63.7 Å². The zero-order valence-electron chi connectivity index (χ0n) is 19.5. The zero-order valence-corrected chi connectivity index (χ0v) is 19.5. The van der Waals surface area contributed by atoms with E-state index in [0.717, 1.165) is 29.5 Å². The number of hydrogen-bond acceptors (Lipinski definition) is 7. The molecule has 0 bridgehead atoms. The third-order valence-corrected chi connectivity index (χ3v) is 7.23. The Kier molecular flexibility index (Phi) is 5.81. The van der Waals surface area contributed by atoms with Crippen LogP contribution in [0, 0.1) is 19.8 Å². The van der Waals surface area contributed by atoms with Crippen molar-refractivity contribution in [3.8, 4) is 0 Å². The lowest BCUT2D eigenvalue weighted by Crippen LogP contribution is -2.54. The summed E-state index contributed by atoms with van der Waals surface area (Å²) in [5, 5.41) is 1.38. The molecule has 3 fully saturated rings. The largest absolute Gasteiger partial charge is 0.427 e. The summed E-state index contributed by atoms with van der Waals surface area (Å²) in [6, 6.07) is 5.88. The van der Waals surface area contributed by atoms with Gasteiger partial charge >= 0.3 is 5.97 Å².